The molecule has 6 aromatic carbocycles. The van der Waals surface area contributed by atoms with Gasteiger partial charge in [0.2, 0.25) is 0 Å². The maximum atomic E-state index is 3.88. The van der Waals surface area contributed by atoms with Gasteiger partial charge in [-0.3, -0.25) is 0 Å². The van der Waals surface area contributed by atoms with E-state index in [9.17, 15) is 0 Å². The number of anilines is 3. The van der Waals surface area contributed by atoms with Gasteiger partial charge in [0.1, 0.15) is 6.17 Å². The highest BCUT2D eigenvalue weighted by molar-refractivity contribution is 6.08. The summed E-state index contributed by atoms with van der Waals surface area (Å²) in [4.78, 5) is 3.57. The Balaban J connectivity index is 1.23. The lowest BCUT2D eigenvalue weighted by atomic mass is 9.90. The average molecular weight is 557 g/mol. The first-order valence-electron chi connectivity index (χ1n) is 14.9. The summed E-state index contributed by atoms with van der Waals surface area (Å²) in [5, 5.41) is 13.6. The Labute approximate surface area is 251 Å². The summed E-state index contributed by atoms with van der Waals surface area (Å²) < 4.78 is 0. The van der Waals surface area contributed by atoms with E-state index in [4.69, 9.17) is 0 Å². The first-order valence-corrected chi connectivity index (χ1v) is 14.9. The van der Waals surface area contributed by atoms with Crippen LogP contribution in [0.3, 0.4) is 0 Å². The van der Waals surface area contributed by atoms with Crippen LogP contribution in [0, 0.1) is 0 Å². The molecule has 7 aromatic rings. The maximum Gasteiger partial charge on any atom is 0.101 e. The molecule has 2 heterocycles. The fourth-order valence-corrected chi connectivity index (χ4v) is 6.51. The van der Waals surface area contributed by atoms with Crippen molar-refractivity contribution in [3.63, 3.8) is 0 Å². The highest BCUT2D eigenvalue weighted by atomic mass is 15.1. The molecule has 0 spiro atoms. The highest BCUT2D eigenvalue weighted by Gasteiger charge is 2.21. The first kappa shape index (κ1) is 25.2. The largest absolute Gasteiger partial charge is 0.386 e. The van der Waals surface area contributed by atoms with Gasteiger partial charge < -0.3 is 20.9 Å². The molecule has 0 amide bonds. The molecule has 1 aliphatic heterocycles. The molecule has 0 saturated heterocycles. The molecule has 1 atom stereocenters. The van der Waals surface area contributed by atoms with Gasteiger partial charge in [0.15, 0.2) is 0 Å². The Hall–Kier alpha value is -5.48. The third-order valence-electron chi connectivity index (χ3n) is 8.64. The second-order valence-corrected chi connectivity index (χ2v) is 11.3. The number of nitrogens with one attached hydrogen (secondary N) is 4. The smallest absolute Gasteiger partial charge is 0.101 e. The molecule has 0 fully saturated rings. The Morgan fingerprint density at radius 1 is 0.558 bits per heavy atom. The maximum absolute atomic E-state index is 3.88. The van der Waals surface area contributed by atoms with Crippen LogP contribution < -0.4 is 16.0 Å². The molecule has 0 radical (unpaired) electrons. The van der Waals surface area contributed by atoms with E-state index in [0.717, 1.165) is 29.0 Å². The van der Waals surface area contributed by atoms with Crippen molar-refractivity contribution in [3.8, 4) is 33.4 Å². The lowest BCUT2D eigenvalue weighted by molar-refractivity contribution is 0.805. The molecule has 4 heteroatoms. The van der Waals surface area contributed by atoms with E-state index in [1.807, 2.05) is 7.05 Å². The Morgan fingerprint density at radius 2 is 1.30 bits per heavy atom. The van der Waals surface area contributed by atoms with Gasteiger partial charge in [0.05, 0.1) is 11.4 Å². The molecular weight excluding hydrogens is 524 g/mol. The zero-order valence-electron chi connectivity index (χ0n) is 24.0. The van der Waals surface area contributed by atoms with Crippen LogP contribution in [0.1, 0.15) is 5.56 Å². The zero-order valence-corrected chi connectivity index (χ0v) is 24.0. The minimum absolute atomic E-state index is 0.0367. The molecular formula is C39H32N4. The third-order valence-corrected chi connectivity index (χ3v) is 8.64. The minimum atomic E-state index is -0.0367. The van der Waals surface area contributed by atoms with Crippen LogP contribution in [0.2, 0.25) is 0 Å². The Bertz CT molecular complexity index is 2110. The van der Waals surface area contributed by atoms with Crippen molar-refractivity contribution < 1.29 is 0 Å². The summed E-state index contributed by atoms with van der Waals surface area (Å²) in [6.45, 7) is 0. The van der Waals surface area contributed by atoms with Gasteiger partial charge in [-0.25, -0.2) is 0 Å². The summed E-state index contributed by atoms with van der Waals surface area (Å²) >= 11 is 0. The summed E-state index contributed by atoms with van der Waals surface area (Å²) in [7, 11) is 1.98. The van der Waals surface area contributed by atoms with E-state index in [2.05, 4.69) is 154 Å². The fraction of sp³-hybridized carbons (Fsp3) is 0.0769. The number of hydrogen-bond acceptors (Lipinski definition) is 3. The molecule has 1 aromatic heterocycles. The number of aromatic amines is 1. The van der Waals surface area contributed by atoms with E-state index < -0.39 is 0 Å². The number of para-hydroxylation sites is 2. The van der Waals surface area contributed by atoms with Crippen molar-refractivity contribution in [1.82, 2.24) is 4.98 Å². The zero-order chi connectivity index (χ0) is 28.8. The topological polar surface area (TPSA) is 51.9 Å². The van der Waals surface area contributed by atoms with Crippen molar-refractivity contribution in [2.24, 2.45) is 0 Å². The van der Waals surface area contributed by atoms with Crippen LogP contribution in [0.15, 0.2) is 133 Å². The first-order chi connectivity index (χ1) is 21.2. The summed E-state index contributed by atoms with van der Waals surface area (Å²) in [5.74, 6) is 0. The predicted molar refractivity (Wildman–Crippen MR) is 183 cm³/mol. The Morgan fingerprint density at radius 3 is 2.21 bits per heavy atom. The second kappa shape index (κ2) is 10.4. The number of benzene rings is 6. The van der Waals surface area contributed by atoms with Gasteiger partial charge in [0, 0.05) is 46.5 Å². The van der Waals surface area contributed by atoms with E-state index in [-0.39, 0.29) is 6.17 Å². The van der Waals surface area contributed by atoms with Gasteiger partial charge in [0.25, 0.3) is 0 Å². The molecule has 1 unspecified atom stereocenters. The van der Waals surface area contributed by atoms with Gasteiger partial charge >= 0.3 is 0 Å². The van der Waals surface area contributed by atoms with Crippen LogP contribution >= 0.6 is 0 Å². The summed E-state index contributed by atoms with van der Waals surface area (Å²) in [6, 6.07) is 48.0. The van der Waals surface area contributed by atoms with Crippen molar-refractivity contribution in [3.05, 3.63) is 139 Å². The number of hydrogen-bond donors (Lipinski definition) is 4. The molecule has 1 aliphatic rings. The molecule has 208 valence electrons. The minimum Gasteiger partial charge on any atom is -0.386 e. The van der Waals surface area contributed by atoms with E-state index in [1.54, 1.807) is 0 Å². The lowest BCUT2D eigenvalue weighted by Gasteiger charge is -2.29. The fourth-order valence-electron chi connectivity index (χ4n) is 6.51. The third kappa shape index (κ3) is 4.58. The van der Waals surface area contributed by atoms with Crippen LogP contribution in [0.25, 0.3) is 55.2 Å². The van der Waals surface area contributed by atoms with Crippen LogP contribution in [-0.4, -0.2) is 18.2 Å². The van der Waals surface area contributed by atoms with Crippen LogP contribution in [-0.2, 0) is 6.42 Å². The highest BCUT2D eigenvalue weighted by Crippen LogP contribution is 2.38. The number of rotatable bonds is 5. The molecule has 4 N–H and O–H groups in total. The summed E-state index contributed by atoms with van der Waals surface area (Å²) in [5.41, 5.74) is 14.2. The lowest BCUT2D eigenvalue weighted by Crippen LogP contribution is -2.32. The van der Waals surface area contributed by atoms with Gasteiger partial charge in [-0.2, -0.15) is 0 Å². The monoisotopic (exact) mass is 556 g/mol. The molecule has 2 bridgehead atoms. The van der Waals surface area contributed by atoms with Gasteiger partial charge in [-0.1, -0.05) is 97.1 Å². The molecule has 0 aliphatic carbocycles. The molecule has 4 nitrogen and oxygen atoms in total. The van der Waals surface area contributed by atoms with Crippen molar-refractivity contribution in [1.29, 1.82) is 0 Å². The molecule has 8 rings (SSSR count). The Kier molecular flexibility index (Phi) is 6.11. The second-order valence-electron chi connectivity index (χ2n) is 11.3. The summed E-state index contributed by atoms with van der Waals surface area (Å²) in [6.07, 6.45) is 0.771. The quantitative estimate of drug-likeness (QED) is 0.171. The van der Waals surface area contributed by atoms with Crippen molar-refractivity contribution >= 4 is 38.9 Å². The van der Waals surface area contributed by atoms with Crippen LogP contribution in [0.4, 0.5) is 17.1 Å². The standard InChI is InChI=1S/C39H32N4/c1-40-37-20-16-26(25-9-3-2-4-10-25)23-38(37)43-39-24-29-21-27(31-11-5-7-13-34(31)42-39)15-18-30(29)28-17-19-36-33(22-28)32-12-6-8-14-35(32)41-36/h2-23,39-43H,24H2,1H3. The SMILES string of the molecule is CNc1ccc(-c2ccccc2)cc1NC1Cc2cc(ccc2-c2ccc3[nH]c4ccccc4c3c2)-c2ccccc2N1. The average Bonchev–Trinajstić information content (AvgIpc) is 3.43. The van der Waals surface area contributed by atoms with E-state index >= 15 is 0 Å². The van der Waals surface area contributed by atoms with E-state index in [1.165, 1.54) is 55.2 Å². The van der Waals surface area contributed by atoms with Crippen molar-refractivity contribution in [2.75, 3.05) is 23.0 Å². The van der Waals surface area contributed by atoms with E-state index in [0.29, 0.717) is 0 Å². The molecule has 0 saturated carbocycles. The normalized spacial score (nSPS) is 14.0. The number of H-pyrrole nitrogens is 1. The predicted octanol–water partition coefficient (Wildman–Crippen LogP) is 9.77. The van der Waals surface area contributed by atoms with Gasteiger partial charge in [-0.15, -0.1) is 0 Å². The van der Waals surface area contributed by atoms with Gasteiger partial charge in [-0.05, 0) is 69.8 Å². The number of fused-ring (bicyclic) bond motifs is 7. The number of aromatic nitrogens is 1. The van der Waals surface area contributed by atoms with Crippen LogP contribution in [0.5, 0.6) is 0 Å². The van der Waals surface area contributed by atoms with Crippen molar-refractivity contribution in [2.45, 2.75) is 12.6 Å². The molecule has 43 heavy (non-hydrogen) atoms.